The van der Waals surface area contributed by atoms with Crippen molar-refractivity contribution in [2.75, 3.05) is 63.6 Å². The van der Waals surface area contributed by atoms with Gasteiger partial charge in [0.05, 0.1) is 35.4 Å². The van der Waals surface area contributed by atoms with E-state index in [1.165, 1.54) is 19.4 Å². The average Bonchev–Trinajstić information content (AvgIpc) is 3.46. The number of aryl methyl sites for hydroxylation is 1. The summed E-state index contributed by atoms with van der Waals surface area (Å²) in [6.45, 7) is 8.23. The minimum absolute atomic E-state index is 0.000839. The van der Waals surface area contributed by atoms with Gasteiger partial charge in [0.1, 0.15) is 11.4 Å². The molecule has 48 heavy (non-hydrogen) atoms. The summed E-state index contributed by atoms with van der Waals surface area (Å²) in [7, 11) is 3.69. The fourth-order valence-electron chi connectivity index (χ4n) is 7.64. The Labute approximate surface area is 280 Å². The second-order valence-electron chi connectivity index (χ2n) is 13.5. The largest absolute Gasteiger partial charge is 0.496 e. The molecule has 11 nitrogen and oxygen atoms in total. The smallest absolute Gasteiger partial charge is 0.261 e. The number of benzene rings is 1. The number of ether oxygens (including phenoxy) is 1. The number of aliphatic hydroxyl groups excluding tert-OH is 1. The number of aromatic nitrogens is 4. The van der Waals surface area contributed by atoms with Crippen molar-refractivity contribution in [3.05, 3.63) is 59.8 Å². The molecule has 1 saturated carbocycles. The number of fused-ring (bicyclic) bond motifs is 1. The molecule has 0 bridgehead atoms. The van der Waals surface area contributed by atoms with Gasteiger partial charge in [-0.05, 0) is 82.8 Å². The quantitative estimate of drug-likeness (QED) is 0.287. The van der Waals surface area contributed by atoms with Crippen molar-refractivity contribution in [2.24, 2.45) is 0 Å². The van der Waals surface area contributed by atoms with E-state index >= 15 is 4.39 Å². The fourth-order valence-corrected chi connectivity index (χ4v) is 7.64. The van der Waals surface area contributed by atoms with Crippen LogP contribution in [0.15, 0.2) is 42.7 Å². The first-order valence-electron chi connectivity index (χ1n) is 17.1. The first kappa shape index (κ1) is 32.4. The molecule has 2 saturated heterocycles. The van der Waals surface area contributed by atoms with Gasteiger partial charge in [-0.15, -0.1) is 0 Å². The second kappa shape index (κ2) is 13.8. The molecular weight excluding hydrogens is 611 g/mol. The topological polar surface area (TPSA) is 112 Å². The average molecular weight is 657 g/mol. The highest BCUT2D eigenvalue weighted by atomic mass is 19.1. The summed E-state index contributed by atoms with van der Waals surface area (Å²) in [6, 6.07) is 10.1. The molecule has 1 aromatic carbocycles. The maximum atomic E-state index is 16.1. The number of pyridine rings is 2. The van der Waals surface area contributed by atoms with Gasteiger partial charge in [0.15, 0.2) is 5.82 Å². The molecule has 3 fully saturated rings. The number of rotatable bonds is 7. The van der Waals surface area contributed by atoms with Crippen LogP contribution in [-0.4, -0.2) is 106 Å². The normalized spacial score (nSPS) is 21.5. The van der Waals surface area contributed by atoms with E-state index in [1.54, 1.807) is 19.2 Å². The highest BCUT2D eigenvalue weighted by Crippen LogP contribution is 2.37. The van der Waals surface area contributed by atoms with E-state index in [9.17, 15) is 9.90 Å². The predicted octanol–water partition coefficient (Wildman–Crippen LogP) is 4.89. The number of hydrogen-bond acceptors (Lipinski definition) is 9. The molecule has 2 aliphatic heterocycles. The molecule has 0 spiro atoms. The van der Waals surface area contributed by atoms with Crippen molar-refractivity contribution >= 4 is 28.6 Å². The third-order valence-corrected chi connectivity index (χ3v) is 10.4. The molecule has 12 heteroatoms. The zero-order valence-corrected chi connectivity index (χ0v) is 28.0. The van der Waals surface area contributed by atoms with Gasteiger partial charge in [-0.1, -0.05) is 0 Å². The molecule has 5 heterocycles. The van der Waals surface area contributed by atoms with E-state index < -0.39 is 11.7 Å². The van der Waals surface area contributed by atoms with Crippen LogP contribution in [0, 0.1) is 12.7 Å². The Morgan fingerprint density at radius 2 is 1.71 bits per heavy atom. The third kappa shape index (κ3) is 6.48. The van der Waals surface area contributed by atoms with Gasteiger partial charge in [-0.3, -0.25) is 20.0 Å². The van der Waals surface area contributed by atoms with E-state index in [0.29, 0.717) is 41.8 Å². The number of methoxy groups -OCH3 is 1. The van der Waals surface area contributed by atoms with E-state index in [2.05, 4.69) is 59.8 Å². The number of hydrogen-bond donors (Lipinski definition) is 2. The van der Waals surface area contributed by atoms with Crippen LogP contribution in [0.3, 0.4) is 0 Å². The zero-order valence-electron chi connectivity index (χ0n) is 28.0. The zero-order chi connectivity index (χ0) is 33.4. The first-order valence-corrected chi connectivity index (χ1v) is 17.1. The number of amides is 1. The van der Waals surface area contributed by atoms with E-state index in [1.807, 2.05) is 0 Å². The van der Waals surface area contributed by atoms with Crippen LogP contribution in [0.2, 0.25) is 0 Å². The lowest BCUT2D eigenvalue weighted by Crippen LogP contribution is -2.52. The number of carbonyl (C=O) groups is 1. The van der Waals surface area contributed by atoms with Crippen molar-refractivity contribution < 1.29 is 19.0 Å². The van der Waals surface area contributed by atoms with Crippen molar-refractivity contribution in [1.82, 2.24) is 29.3 Å². The monoisotopic (exact) mass is 656 g/mol. The SMILES string of the molecule is COc1ccncc1-c1nc(C)cc(C(=O)Nc2nc3cc(N4CCC(N5CCN(C)CC5)CC4)ccc3n2C2CCC(O)CC2)c1F. The molecular formula is C36H45FN8O3. The summed E-state index contributed by atoms with van der Waals surface area (Å²) >= 11 is 0. The molecule has 3 aromatic heterocycles. The summed E-state index contributed by atoms with van der Waals surface area (Å²) in [5, 5.41) is 13.2. The minimum Gasteiger partial charge on any atom is -0.496 e. The summed E-state index contributed by atoms with van der Waals surface area (Å²) < 4.78 is 23.5. The van der Waals surface area contributed by atoms with Crippen LogP contribution in [0.1, 0.15) is 60.6 Å². The number of piperidine rings is 1. The van der Waals surface area contributed by atoms with Gasteiger partial charge in [-0.25, -0.2) is 14.4 Å². The number of halogens is 1. The number of aliphatic hydroxyl groups is 1. The van der Waals surface area contributed by atoms with Gasteiger partial charge in [0.2, 0.25) is 5.95 Å². The van der Waals surface area contributed by atoms with Crippen LogP contribution >= 0.6 is 0 Å². The highest BCUT2D eigenvalue weighted by molar-refractivity contribution is 6.05. The number of carbonyl (C=O) groups excluding carboxylic acids is 1. The Morgan fingerprint density at radius 3 is 2.44 bits per heavy atom. The summed E-state index contributed by atoms with van der Waals surface area (Å²) in [5.74, 6) is -0.582. The molecule has 0 unspecified atom stereocenters. The number of anilines is 2. The van der Waals surface area contributed by atoms with Crippen LogP contribution in [-0.2, 0) is 0 Å². The maximum absolute atomic E-state index is 16.1. The van der Waals surface area contributed by atoms with E-state index in [4.69, 9.17) is 9.72 Å². The minimum atomic E-state index is -0.755. The molecule has 254 valence electrons. The maximum Gasteiger partial charge on any atom is 0.261 e. The lowest BCUT2D eigenvalue weighted by atomic mass is 9.93. The van der Waals surface area contributed by atoms with Gasteiger partial charge >= 0.3 is 0 Å². The van der Waals surface area contributed by atoms with Gasteiger partial charge in [0.25, 0.3) is 5.91 Å². The predicted molar refractivity (Wildman–Crippen MR) is 184 cm³/mol. The van der Waals surface area contributed by atoms with Gasteiger partial charge < -0.3 is 24.2 Å². The van der Waals surface area contributed by atoms with Gasteiger partial charge in [0, 0.05) is 75.1 Å². The van der Waals surface area contributed by atoms with Crippen molar-refractivity contribution in [2.45, 2.75) is 63.6 Å². The molecule has 4 aromatic rings. The van der Waals surface area contributed by atoms with Crippen molar-refractivity contribution in [3.63, 3.8) is 0 Å². The second-order valence-corrected chi connectivity index (χ2v) is 13.5. The lowest BCUT2D eigenvalue weighted by Gasteiger charge is -2.42. The van der Waals surface area contributed by atoms with E-state index in [-0.39, 0.29) is 23.4 Å². The van der Waals surface area contributed by atoms with Crippen molar-refractivity contribution in [3.8, 4) is 17.0 Å². The Morgan fingerprint density at radius 1 is 0.958 bits per heavy atom. The highest BCUT2D eigenvalue weighted by Gasteiger charge is 2.30. The Hall–Kier alpha value is -4.13. The van der Waals surface area contributed by atoms with Crippen LogP contribution < -0.4 is 15.0 Å². The molecule has 1 aliphatic carbocycles. The molecule has 2 N–H and O–H groups in total. The van der Waals surface area contributed by atoms with E-state index in [0.717, 1.165) is 81.7 Å². The number of likely N-dealkylation sites (N-methyl/N-ethyl adjacent to an activating group) is 1. The fraction of sp³-hybridized carbons (Fsp3) is 0.500. The van der Waals surface area contributed by atoms with Crippen LogP contribution in [0.25, 0.3) is 22.3 Å². The standard InChI is InChI=1S/C36H45FN8O3/c1-23-20-28(33(37)34(39-23)29-22-38-13-10-32(29)48-3)35(47)41-36-40-30-21-26(6-9-31(30)45(36)25-4-7-27(46)8-5-25)43-14-11-24(12-15-43)44-18-16-42(2)17-19-44/h6,9-10,13,20-22,24-25,27,46H,4-5,7-8,11-12,14-19H2,1-3H3,(H,40,41,47). The Bertz CT molecular complexity index is 1770. The molecule has 3 aliphatic rings. The molecule has 7 rings (SSSR count). The molecule has 0 radical (unpaired) electrons. The number of nitrogens with zero attached hydrogens (tertiary/aromatic N) is 7. The molecule has 0 atom stereocenters. The molecule has 1 amide bonds. The van der Waals surface area contributed by atoms with Crippen LogP contribution in [0.4, 0.5) is 16.0 Å². The Kier molecular flexibility index (Phi) is 9.30. The number of piperazine rings is 1. The number of imidazole rings is 1. The van der Waals surface area contributed by atoms with Crippen LogP contribution in [0.5, 0.6) is 5.75 Å². The first-order chi connectivity index (χ1) is 23.3. The van der Waals surface area contributed by atoms with Gasteiger partial charge in [-0.2, -0.15) is 0 Å². The summed E-state index contributed by atoms with van der Waals surface area (Å²) in [4.78, 5) is 34.8. The Balaban J connectivity index is 1.17. The number of nitrogens with one attached hydrogen (secondary N) is 1. The summed E-state index contributed by atoms with van der Waals surface area (Å²) in [5.41, 5.74) is 3.52. The summed E-state index contributed by atoms with van der Waals surface area (Å²) in [6.07, 6.45) is 7.83. The van der Waals surface area contributed by atoms with Crippen molar-refractivity contribution in [1.29, 1.82) is 0 Å². The lowest BCUT2D eigenvalue weighted by molar-refractivity contribution is 0.0982. The third-order valence-electron chi connectivity index (χ3n) is 10.4.